The Kier molecular flexibility index (Phi) is 5.97. The maximum absolute atomic E-state index is 12.8. The van der Waals surface area contributed by atoms with Gasteiger partial charge in [-0.2, -0.15) is 0 Å². The van der Waals surface area contributed by atoms with Gasteiger partial charge in [-0.25, -0.2) is 0 Å². The van der Waals surface area contributed by atoms with Crippen LogP contribution in [0.25, 0.3) is 0 Å². The number of carbonyl (C=O) groups excluding carboxylic acids is 2. The first-order valence-corrected chi connectivity index (χ1v) is 8.56. The molecule has 2 aromatic carbocycles. The zero-order chi connectivity index (χ0) is 18.4. The van der Waals surface area contributed by atoms with Crippen LogP contribution in [0.2, 0.25) is 0 Å². The average Bonchev–Trinajstić information content (AvgIpc) is 2.58. The molecule has 0 aliphatic rings. The van der Waals surface area contributed by atoms with E-state index >= 15 is 0 Å². The highest BCUT2D eigenvalue weighted by atomic mass is 16.2. The summed E-state index contributed by atoms with van der Waals surface area (Å²) in [5, 5.41) is 2.92. The summed E-state index contributed by atoms with van der Waals surface area (Å²) < 4.78 is 0. The van der Waals surface area contributed by atoms with Crippen LogP contribution in [0.15, 0.2) is 54.6 Å². The number of rotatable bonds is 5. The molecule has 2 amide bonds. The number of nitrogens with zero attached hydrogens (tertiary/aromatic N) is 1. The van der Waals surface area contributed by atoms with E-state index in [0.29, 0.717) is 24.2 Å². The van der Waals surface area contributed by atoms with Gasteiger partial charge in [-0.1, -0.05) is 36.4 Å². The van der Waals surface area contributed by atoms with Crippen LogP contribution < -0.4 is 5.32 Å². The predicted molar refractivity (Wildman–Crippen MR) is 101 cm³/mol. The second-order valence-corrected chi connectivity index (χ2v) is 7.09. The van der Waals surface area contributed by atoms with Gasteiger partial charge in [0.15, 0.2) is 0 Å². The van der Waals surface area contributed by atoms with Crippen LogP contribution in [0, 0.1) is 0 Å². The van der Waals surface area contributed by atoms with Crippen molar-refractivity contribution in [1.82, 2.24) is 10.2 Å². The quantitative estimate of drug-likeness (QED) is 0.899. The van der Waals surface area contributed by atoms with Gasteiger partial charge in [0.1, 0.15) is 0 Å². The van der Waals surface area contributed by atoms with Gasteiger partial charge in [0.05, 0.1) is 0 Å². The first-order chi connectivity index (χ1) is 11.8. The van der Waals surface area contributed by atoms with Crippen LogP contribution in [0.4, 0.5) is 0 Å². The molecule has 0 heterocycles. The molecule has 4 heteroatoms. The maximum Gasteiger partial charge on any atom is 0.254 e. The lowest BCUT2D eigenvalue weighted by atomic mass is 10.1. The molecule has 0 aliphatic carbocycles. The first kappa shape index (κ1) is 18.7. The SMILES string of the molecule is CCN(Cc1ccccc1)C(=O)c1cccc(C(=O)NC(C)(C)C)c1. The summed E-state index contributed by atoms with van der Waals surface area (Å²) in [4.78, 5) is 26.9. The van der Waals surface area contributed by atoms with E-state index in [1.807, 2.05) is 58.0 Å². The zero-order valence-electron chi connectivity index (χ0n) is 15.4. The summed E-state index contributed by atoms with van der Waals surface area (Å²) in [5.41, 5.74) is 1.79. The van der Waals surface area contributed by atoms with Crippen molar-refractivity contribution in [2.75, 3.05) is 6.54 Å². The van der Waals surface area contributed by atoms with Crippen molar-refractivity contribution in [3.05, 3.63) is 71.3 Å². The van der Waals surface area contributed by atoms with Crippen molar-refractivity contribution in [3.8, 4) is 0 Å². The van der Waals surface area contributed by atoms with Gasteiger partial charge in [-0.3, -0.25) is 9.59 Å². The van der Waals surface area contributed by atoms with Gasteiger partial charge in [0.25, 0.3) is 11.8 Å². The molecular weight excluding hydrogens is 312 g/mol. The normalized spacial score (nSPS) is 11.0. The summed E-state index contributed by atoms with van der Waals surface area (Å²) >= 11 is 0. The molecule has 0 aliphatic heterocycles. The Bertz CT molecular complexity index is 733. The van der Waals surface area contributed by atoms with E-state index in [0.717, 1.165) is 5.56 Å². The minimum Gasteiger partial charge on any atom is -0.347 e. The maximum atomic E-state index is 12.8. The van der Waals surface area contributed by atoms with Gasteiger partial charge < -0.3 is 10.2 Å². The Balaban J connectivity index is 2.17. The molecule has 0 radical (unpaired) electrons. The molecule has 0 atom stereocenters. The highest BCUT2D eigenvalue weighted by molar-refractivity contribution is 5.99. The van der Waals surface area contributed by atoms with Crippen LogP contribution in [0.3, 0.4) is 0 Å². The van der Waals surface area contributed by atoms with Crippen LogP contribution >= 0.6 is 0 Å². The number of benzene rings is 2. The molecule has 0 spiro atoms. The van der Waals surface area contributed by atoms with Gasteiger partial charge >= 0.3 is 0 Å². The minimum atomic E-state index is -0.320. The highest BCUT2D eigenvalue weighted by Gasteiger charge is 2.18. The third-order valence-corrected chi connectivity index (χ3v) is 3.75. The highest BCUT2D eigenvalue weighted by Crippen LogP contribution is 2.13. The zero-order valence-corrected chi connectivity index (χ0v) is 15.4. The van der Waals surface area contributed by atoms with Crippen molar-refractivity contribution in [2.45, 2.75) is 39.8 Å². The Morgan fingerprint density at radius 3 is 2.20 bits per heavy atom. The van der Waals surface area contributed by atoms with Crippen molar-refractivity contribution >= 4 is 11.8 Å². The van der Waals surface area contributed by atoms with Crippen LogP contribution in [0.1, 0.15) is 54.0 Å². The molecule has 25 heavy (non-hydrogen) atoms. The molecular formula is C21H26N2O2. The molecule has 0 saturated carbocycles. The van der Waals surface area contributed by atoms with E-state index in [9.17, 15) is 9.59 Å². The van der Waals surface area contributed by atoms with Gasteiger partial charge in [0.2, 0.25) is 0 Å². The van der Waals surface area contributed by atoms with Gasteiger partial charge in [-0.05, 0) is 51.5 Å². The molecule has 1 N–H and O–H groups in total. The molecule has 2 rings (SSSR count). The van der Waals surface area contributed by atoms with E-state index in [2.05, 4.69) is 5.32 Å². The van der Waals surface area contributed by atoms with Crippen LogP contribution in [-0.2, 0) is 6.54 Å². The van der Waals surface area contributed by atoms with E-state index in [1.54, 1.807) is 29.2 Å². The fraction of sp³-hybridized carbons (Fsp3) is 0.333. The van der Waals surface area contributed by atoms with E-state index in [1.165, 1.54) is 0 Å². The summed E-state index contributed by atoms with van der Waals surface area (Å²) in [6.45, 7) is 8.90. The number of nitrogens with one attached hydrogen (secondary N) is 1. The predicted octanol–water partition coefficient (Wildman–Crippen LogP) is 3.88. The Labute approximate surface area is 149 Å². The monoisotopic (exact) mass is 338 g/mol. The Hall–Kier alpha value is -2.62. The van der Waals surface area contributed by atoms with Crippen LogP contribution in [0.5, 0.6) is 0 Å². The number of carbonyl (C=O) groups is 2. The standard InChI is InChI=1S/C21H26N2O2/c1-5-23(15-16-10-7-6-8-11-16)20(25)18-13-9-12-17(14-18)19(24)22-21(2,3)4/h6-14H,5,15H2,1-4H3,(H,22,24). The molecule has 0 bridgehead atoms. The van der Waals surface area contributed by atoms with Crippen molar-refractivity contribution in [3.63, 3.8) is 0 Å². The topological polar surface area (TPSA) is 49.4 Å². The average molecular weight is 338 g/mol. The molecule has 2 aromatic rings. The fourth-order valence-corrected chi connectivity index (χ4v) is 2.52. The van der Waals surface area contributed by atoms with Crippen molar-refractivity contribution in [2.24, 2.45) is 0 Å². The lowest BCUT2D eigenvalue weighted by Gasteiger charge is -2.22. The smallest absolute Gasteiger partial charge is 0.254 e. The molecule has 0 aromatic heterocycles. The second kappa shape index (κ2) is 7.97. The van der Waals surface area contributed by atoms with Crippen LogP contribution in [-0.4, -0.2) is 28.8 Å². The lowest BCUT2D eigenvalue weighted by Crippen LogP contribution is -2.40. The molecule has 0 fully saturated rings. The van der Waals surface area contributed by atoms with Gasteiger partial charge in [-0.15, -0.1) is 0 Å². The van der Waals surface area contributed by atoms with E-state index in [4.69, 9.17) is 0 Å². The third kappa shape index (κ3) is 5.45. The molecule has 0 unspecified atom stereocenters. The first-order valence-electron chi connectivity index (χ1n) is 8.56. The number of hydrogen-bond acceptors (Lipinski definition) is 2. The van der Waals surface area contributed by atoms with Crippen molar-refractivity contribution < 1.29 is 9.59 Å². The number of amides is 2. The second-order valence-electron chi connectivity index (χ2n) is 7.09. The Morgan fingerprint density at radius 1 is 0.960 bits per heavy atom. The van der Waals surface area contributed by atoms with Crippen molar-refractivity contribution in [1.29, 1.82) is 0 Å². The lowest BCUT2D eigenvalue weighted by molar-refractivity contribution is 0.0752. The molecule has 4 nitrogen and oxygen atoms in total. The largest absolute Gasteiger partial charge is 0.347 e. The minimum absolute atomic E-state index is 0.0724. The Morgan fingerprint density at radius 2 is 1.60 bits per heavy atom. The summed E-state index contributed by atoms with van der Waals surface area (Å²) in [6.07, 6.45) is 0. The summed E-state index contributed by atoms with van der Waals surface area (Å²) in [5.74, 6) is -0.245. The fourth-order valence-electron chi connectivity index (χ4n) is 2.52. The summed E-state index contributed by atoms with van der Waals surface area (Å²) in [7, 11) is 0. The molecule has 0 saturated heterocycles. The molecule has 132 valence electrons. The summed E-state index contributed by atoms with van der Waals surface area (Å²) in [6, 6.07) is 16.8. The number of hydrogen-bond donors (Lipinski definition) is 1. The van der Waals surface area contributed by atoms with E-state index in [-0.39, 0.29) is 17.4 Å². The van der Waals surface area contributed by atoms with E-state index < -0.39 is 0 Å². The third-order valence-electron chi connectivity index (χ3n) is 3.75. The van der Waals surface area contributed by atoms with Gasteiger partial charge in [0, 0.05) is 29.8 Å².